The Morgan fingerprint density at radius 3 is 2.40 bits per heavy atom. The van der Waals surface area contributed by atoms with E-state index in [9.17, 15) is 19.5 Å². The number of allylic oxidation sites excluding steroid dienone is 1. The molecule has 324 valence electrons. The van der Waals surface area contributed by atoms with Crippen LogP contribution in [0, 0.1) is 5.82 Å². The Bertz CT molecular complexity index is 2580. The number of alkyl halides is 1. The highest BCUT2D eigenvalue weighted by atomic mass is 19.1. The topological polar surface area (TPSA) is 166 Å². The van der Waals surface area contributed by atoms with E-state index in [0.29, 0.717) is 105 Å². The van der Waals surface area contributed by atoms with Crippen molar-refractivity contribution < 1.29 is 23.5 Å². The molecule has 1 unspecified atom stereocenters. The lowest BCUT2D eigenvalue weighted by Gasteiger charge is -2.43. The van der Waals surface area contributed by atoms with Crippen LogP contribution in [0.2, 0.25) is 0 Å². The number of pyridine rings is 1. The molecular formula is C45H51F2N11O4. The van der Waals surface area contributed by atoms with Gasteiger partial charge in [-0.05, 0) is 79.8 Å². The van der Waals surface area contributed by atoms with E-state index in [2.05, 4.69) is 37.3 Å². The van der Waals surface area contributed by atoms with E-state index in [4.69, 9.17) is 9.97 Å². The van der Waals surface area contributed by atoms with Crippen LogP contribution >= 0.6 is 0 Å². The number of amides is 2. The largest absolute Gasteiger partial charge is 0.384 e. The molecule has 3 aliphatic heterocycles. The van der Waals surface area contributed by atoms with Gasteiger partial charge in [0.15, 0.2) is 11.5 Å². The number of hydrogen-bond donors (Lipinski definition) is 4. The summed E-state index contributed by atoms with van der Waals surface area (Å²) in [6.45, 7) is 10.0. The molecule has 3 fully saturated rings. The number of carbonyl (C=O) groups excluding carboxylic acids is 2. The number of fused-ring (bicyclic) bond motifs is 2. The predicted molar refractivity (Wildman–Crippen MR) is 233 cm³/mol. The van der Waals surface area contributed by atoms with Crippen LogP contribution < -0.4 is 31.3 Å². The van der Waals surface area contributed by atoms with Crippen LogP contribution in [-0.2, 0) is 28.2 Å². The van der Waals surface area contributed by atoms with Gasteiger partial charge in [0, 0.05) is 88.3 Å². The second-order valence-corrected chi connectivity index (χ2v) is 16.9. The van der Waals surface area contributed by atoms with Crippen LogP contribution in [-0.4, -0.2) is 104 Å². The summed E-state index contributed by atoms with van der Waals surface area (Å²) in [7, 11) is 0. The maximum absolute atomic E-state index is 16.2. The average molecular weight is 848 g/mol. The minimum Gasteiger partial charge on any atom is -0.384 e. The minimum atomic E-state index is -1.37. The Morgan fingerprint density at radius 1 is 0.935 bits per heavy atom. The average Bonchev–Trinajstić information content (AvgIpc) is 3.75. The number of nitrogens with one attached hydrogen (secondary N) is 3. The number of piperazine rings is 1. The molecule has 6 heterocycles. The molecule has 4 aliphatic rings. The summed E-state index contributed by atoms with van der Waals surface area (Å²) in [5, 5.41) is 20.2. The lowest BCUT2D eigenvalue weighted by atomic mass is 9.92. The van der Waals surface area contributed by atoms with Crippen molar-refractivity contribution in [1.82, 2.24) is 34.5 Å². The van der Waals surface area contributed by atoms with Crippen LogP contribution in [0.3, 0.4) is 0 Å². The van der Waals surface area contributed by atoms with Gasteiger partial charge < -0.3 is 25.5 Å². The molecule has 2 aromatic carbocycles. The van der Waals surface area contributed by atoms with Crippen molar-refractivity contribution >= 4 is 51.5 Å². The number of nitrogens with zero attached hydrogens (tertiary/aromatic N) is 8. The zero-order valence-electron chi connectivity index (χ0n) is 34.7. The number of aromatic nitrogens is 5. The maximum Gasteiger partial charge on any atom is 0.278 e. The first-order valence-corrected chi connectivity index (χ1v) is 21.4. The number of piperidine rings is 2. The van der Waals surface area contributed by atoms with Gasteiger partial charge in [-0.1, -0.05) is 19.1 Å². The Labute approximate surface area is 357 Å². The fraction of sp³-hybridized carbons (Fsp3) is 0.422. The van der Waals surface area contributed by atoms with Gasteiger partial charge in [-0.25, -0.2) is 28.1 Å². The van der Waals surface area contributed by atoms with Crippen molar-refractivity contribution in [2.45, 2.75) is 75.7 Å². The second-order valence-electron chi connectivity index (χ2n) is 16.9. The lowest BCUT2D eigenvalue weighted by Crippen LogP contribution is -2.53. The van der Waals surface area contributed by atoms with Gasteiger partial charge in [0.05, 0.1) is 17.9 Å². The highest BCUT2D eigenvalue weighted by Crippen LogP contribution is 2.39. The third-order valence-corrected chi connectivity index (χ3v) is 12.9. The molecule has 4 N–H and O–H groups in total. The fourth-order valence-electron chi connectivity index (χ4n) is 9.25. The van der Waals surface area contributed by atoms with Crippen molar-refractivity contribution in [2.75, 3.05) is 66.2 Å². The van der Waals surface area contributed by atoms with Crippen molar-refractivity contribution in [3.63, 3.8) is 0 Å². The first-order chi connectivity index (χ1) is 29.9. The molecule has 0 bridgehead atoms. The number of benzene rings is 2. The predicted octanol–water partition coefficient (Wildman–Crippen LogP) is 4.94. The third kappa shape index (κ3) is 8.01. The van der Waals surface area contributed by atoms with E-state index in [0.717, 1.165) is 36.4 Å². The molecule has 0 spiro atoms. The molecule has 9 rings (SSSR count). The number of aliphatic hydroxyl groups is 1. The summed E-state index contributed by atoms with van der Waals surface area (Å²) < 4.78 is 34.7. The number of aryl methyl sites for hydroxylation is 1. The fourth-order valence-corrected chi connectivity index (χ4v) is 9.25. The molecule has 1 aliphatic carbocycles. The van der Waals surface area contributed by atoms with Gasteiger partial charge in [0.2, 0.25) is 17.8 Å². The molecule has 2 amide bonds. The molecule has 2 atom stereocenters. The van der Waals surface area contributed by atoms with Gasteiger partial charge in [0.1, 0.15) is 28.5 Å². The summed E-state index contributed by atoms with van der Waals surface area (Å²) in [5.41, 5.74) is 2.03. The molecular weight excluding hydrogens is 797 g/mol. The second kappa shape index (κ2) is 16.6. The Hall–Kier alpha value is -6.20. The number of carbonyl (C=O) groups is 2. The molecule has 3 saturated heterocycles. The maximum atomic E-state index is 16.2. The van der Waals surface area contributed by atoms with E-state index in [1.54, 1.807) is 22.9 Å². The number of rotatable bonds is 12. The molecule has 0 radical (unpaired) electrons. The number of imide groups is 1. The van der Waals surface area contributed by atoms with Crippen molar-refractivity contribution in [2.24, 2.45) is 0 Å². The first-order valence-electron chi connectivity index (χ1n) is 21.4. The van der Waals surface area contributed by atoms with E-state index >= 15 is 8.78 Å². The molecule has 17 heteroatoms. The van der Waals surface area contributed by atoms with Crippen molar-refractivity contribution in [3.05, 3.63) is 101 Å². The van der Waals surface area contributed by atoms with Crippen LogP contribution in [0.4, 0.5) is 37.5 Å². The molecule has 62 heavy (non-hydrogen) atoms. The Kier molecular flexibility index (Phi) is 11.0. The monoisotopic (exact) mass is 847 g/mol. The van der Waals surface area contributed by atoms with Crippen LogP contribution in [0.5, 0.6) is 0 Å². The Balaban J connectivity index is 0.796. The SMILES string of the molecule is C=CCn1c(=O)c2cnc(Nc3ccc(N4CCN(CC5(F)CCN(c6ccc(NC7CCC(=O)NC7=O)cc6F)CC5)CC4)cc3)nc2n1-c1ccc2c(n1)[C@@](O)(CC)CC2. The number of hydrogen-bond acceptors (Lipinski definition) is 12. The van der Waals surface area contributed by atoms with Gasteiger partial charge in [0.25, 0.3) is 5.56 Å². The van der Waals surface area contributed by atoms with Gasteiger partial charge >= 0.3 is 0 Å². The number of halogens is 2. The quantitative estimate of drug-likeness (QED) is 0.0990. The number of anilines is 5. The zero-order valence-corrected chi connectivity index (χ0v) is 34.7. The smallest absolute Gasteiger partial charge is 0.278 e. The highest BCUT2D eigenvalue weighted by molar-refractivity contribution is 6.01. The summed E-state index contributed by atoms with van der Waals surface area (Å²) in [6, 6.07) is 15.9. The van der Waals surface area contributed by atoms with E-state index in [1.165, 1.54) is 16.9 Å². The van der Waals surface area contributed by atoms with E-state index in [-0.39, 0.29) is 24.4 Å². The van der Waals surface area contributed by atoms with E-state index in [1.807, 2.05) is 48.2 Å². The highest BCUT2D eigenvalue weighted by Gasteiger charge is 2.39. The van der Waals surface area contributed by atoms with Crippen molar-refractivity contribution in [3.8, 4) is 5.82 Å². The van der Waals surface area contributed by atoms with Gasteiger partial charge in [-0.3, -0.25) is 24.6 Å². The van der Waals surface area contributed by atoms with Crippen LogP contribution in [0.25, 0.3) is 16.9 Å². The minimum absolute atomic E-state index is 0.228. The molecule has 0 saturated carbocycles. The summed E-state index contributed by atoms with van der Waals surface area (Å²) >= 11 is 0. The first kappa shape index (κ1) is 41.2. The summed E-state index contributed by atoms with van der Waals surface area (Å²) in [4.78, 5) is 57.6. The van der Waals surface area contributed by atoms with Gasteiger partial charge in [-0.15, -0.1) is 6.58 Å². The Morgan fingerprint density at radius 2 is 1.69 bits per heavy atom. The van der Waals surface area contributed by atoms with Gasteiger partial charge in [-0.2, -0.15) is 4.98 Å². The van der Waals surface area contributed by atoms with Crippen LogP contribution in [0.15, 0.2) is 78.2 Å². The summed E-state index contributed by atoms with van der Waals surface area (Å²) in [5.74, 6) is -0.385. The van der Waals surface area contributed by atoms with E-state index < -0.39 is 29.0 Å². The molecule has 15 nitrogen and oxygen atoms in total. The third-order valence-electron chi connectivity index (χ3n) is 12.9. The zero-order chi connectivity index (χ0) is 43.2. The van der Waals surface area contributed by atoms with Crippen molar-refractivity contribution in [1.29, 1.82) is 0 Å². The van der Waals surface area contributed by atoms with Crippen LogP contribution in [0.1, 0.15) is 56.7 Å². The molecule has 5 aromatic rings. The normalized spacial score (nSPS) is 21.5. The standard InChI is InChI=1S/C45H51F2N11O4/c1-3-19-57-42(61)33-27-48-43(53-40(33)58(57)37-13-5-29-15-16-45(62,4-2)39(29)51-37)50-30-6-9-32(10-7-30)55-24-22-54(23-25-55)28-44(47)17-20-56(21-18-44)36-12-8-31(26-34(36)46)49-35-11-14-38(59)52-41(35)60/h3,5-10,12-13,26-27,35,49,62H,1,4,11,14-25,28H2,2H3,(H,48,50,53)(H,52,59,60)/t35?,45-/m1/s1. The lowest BCUT2D eigenvalue weighted by molar-refractivity contribution is -0.133. The summed E-state index contributed by atoms with van der Waals surface area (Å²) in [6.07, 6.45) is 6.20. The molecule has 3 aromatic heterocycles.